The van der Waals surface area contributed by atoms with Crippen LogP contribution in [0, 0.1) is 0 Å². The fourth-order valence-corrected chi connectivity index (χ4v) is 4.17. The highest BCUT2D eigenvalue weighted by molar-refractivity contribution is 6.30. The zero-order chi connectivity index (χ0) is 28.9. The average Bonchev–Trinajstić information content (AvgIpc) is 3.32. The number of carboxylic acids is 1. The number of nitrogens with one attached hydrogen (secondary N) is 1. The predicted octanol–water partition coefficient (Wildman–Crippen LogP) is 6.69. The van der Waals surface area contributed by atoms with Crippen molar-refractivity contribution in [1.29, 1.82) is 0 Å². The molecule has 1 aromatic heterocycles. The molecule has 0 radical (unpaired) electrons. The first kappa shape index (κ1) is 28.8. The lowest BCUT2D eigenvalue weighted by molar-refractivity contribution is -0.274. The summed E-state index contributed by atoms with van der Waals surface area (Å²) in [4.78, 5) is 24.7. The molecular formula is C28H24ClF3N2O6. The molecule has 8 nitrogen and oxygen atoms in total. The van der Waals surface area contributed by atoms with E-state index in [1.165, 1.54) is 30.0 Å². The number of fused-ring (bicyclic) bond motifs is 1. The number of carbonyl (C=O) groups excluding carboxylic acids is 1. The number of nitrogens with zero attached hydrogens (tertiary/aromatic N) is 1. The van der Waals surface area contributed by atoms with E-state index in [2.05, 4.69) is 10.1 Å². The van der Waals surface area contributed by atoms with Crippen molar-refractivity contribution in [2.75, 3.05) is 19.0 Å². The standard InChI is InChI=1S/C28H24ClF3N2O6/c1-38-23-13-17(16-39-11-9-25(35)36)12-21(14-23)33-26(19-2-5-20(29)6-3-19)27(37)34-10-8-18-4-7-22(15-24(18)34)40-28(30,31)32/h2-8,10,12-15,26,33H,9,11,16H2,1H3,(H,35,36). The summed E-state index contributed by atoms with van der Waals surface area (Å²) in [5.41, 5.74) is 1.92. The number of aliphatic carboxylic acids is 1. The number of carbonyl (C=O) groups is 2. The van der Waals surface area contributed by atoms with Gasteiger partial charge >= 0.3 is 12.3 Å². The topological polar surface area (TPSA) is 99.0 Å². The lowest BCUT2D eigenvalue weighted by Crippen LogP contribution is -2.26. The number of methoxy groups -OCH3 is 1. The Morgan fingerprint density at radius 2 is 1.77 bits per heavy atom. The van der Waals surface area contributed by atoms with Crippen molar-refractivity contribution in [3.05, 3.63) is 89.1 Å². The van der Waals surface area contributed by atoms with Gasteiger partial charge in [-0.1, -0.05) is 23.7 Å². The summed E-state index contributed by atoms with van der Waals surface area (Å²) >= 11 is 6.06. The third kappa shape index (κ3) is 7.45. The molecule has 0 amide bonds. The predicted molar refractivity (Wildman–Crippen MR) is 142 cm³/mol. The Hall–Kier alpha value is -4.22. The molecular weight excluding hydrogens is 553 g/mol. The smallest absolute Gasteiger partial charge is 0.497 e. The van der Waals surface area contributed by atoms with Crippen LogP contribution in [0.5, 0.6) is 11.5 Å². The van der Waals surface area contributed by atoms with Crippen LogP contribution < -0.4 is 14.8 Å². The number of alkyl halides is 3. The first-order chi connectivity index (χ1) is 19.0. The van der Waals surface area contributed by atoms with Crippen molar-refractivity contribution in [1.82, 2.24) is 4.57 Å². The molecule has 4 aromatic rings. The molecule has 0 aliphatic carbocycles. The number of benzene rings is 3. The maximum absolute atomic E-state index is 13.9. The number of aromatic nitrogens is 1. The molecule has 2 N–H and O–H groups in total. The van der Waals surface area contributed by atoms with Gasteiger partial charge in [0, 0.05) is 34.4 Å². The van der Waals surface area contributed by atoms with E-state index in [1.807, 2.05) is 0 Å². The molecule has 1 atom stereocenters. The summed E-state index contributed by atoms with van der Waals surface area (Å²) in [5, 5.41) is 13.0. The highest BCUT2D eigenvalue weighted by Crippen LogP contribution is 2.31. The molecule has 0 saturated carbocycles. The second-order valence-corrected chi connectivity index (χ2v) is 9.12. The second-order valence-electron chi connectivity index (χ2n) is 8.69. The molecule has 0 saturated heterocycles. The van der Waals surface area contributed by atoms with Gasteiger partial charge < -0.3 is 24.6 Å². The lowest BCUT2D eigenvalue weighted by Gasteiger charge is -2.21. The van der Waals surface area contributed by atoms with Crippen LogP contribution in [0.4, 0.5) is 18.9 Å². The van der Waals surface area contributed by atoms with Gasteiger partial charge in [-0.2, -0.15) is 0 Å². The first-order valence-electron chi connectivity index (χ1n) is 11.9. The summed E-state index contributed by atoms with van der Waals surface area (Å²) < 4.78 is 54.6. The summed E-state index contributed by atoms with van der Waals surface area (Å²) in [6.07, 6.45) is -3.56. The number of anilines is 1. The summed E-state index contributed by atoms with van der Waals surface area (Å²) in [6.45, 7) is 0.116. The molecule has 4 rings (SSSR count). The van der Waals surface area contributed by atoms with Crippen LogP contribution in [0.1, 0.15) is 28.4 Å². The van der Waals surface area contributed by atoms with Gasteiger partial charge in [-0.25, -0.2) is 0 Å². The molecule has 3 aromatic carbocycles. The van der Waals surface area contributed by atoms with E-state index in [0.717, 1.165) is 6.07 Å². The van der Waals surface area contributed by atoms with Gasteiger partial charge in [0.25, 0.3) is 5.91 Å². The van der Waals surface area contributed by atoms with Crippen LogP contribution in [0.3, 0.4) is 0 Å². The van der Waals surface area contributed by atoms with Gasteiger partial charge in [-0.05, 0) is 53.6 Å². The fourth-order valence-electron chi connectivity index (χ4n) is 4.04. The van der Waals surface area contributed by atoms with Gasteiger partial charge in [-0.15, -0.1) is 13.2 Å². The van der Waals surface area contributed by atoms with Crippen molar-refractivity contribution >= 4 is 40.1 Å². The third-order valence-corrected chi connectivity index (χ3v) is 6.08. The van der Waals surface area contributed by atoms with E-state index in [9.17, 15) is 22.8 Å². The summed E-state index contributed by atoms with van der Waals surface area (Å²) in [7, 11) is 1.47. The van der Waals surface area contributed by atoms with Crippen LogP contribution in [0.2, 0.25) is 5.02 Å². The number of ether oxygens (including phenoxy) is 3. The number of hydrogen-bond donors (Lipinski definition) is 2. The van der Waals surface area contributed by atoms with E-state index >= 15 is 0 Å². The van der Waals surface area contributed by atoms with Crippen molar-refractivity contribution in [3.8, 4) is 11.5 Å². The van der Waals surface area contributed by atoms with Crippen LogP contribution in [0.25, 0.3) is 10.9 Å². The van der Waals surface area contributed by atoms with Crippen LogP contribution in [-0.2, 0) is 16.1 Å². The quantitative estimate of drug-likeness (QED) is 0.192. The molecule has 1 heterocycles. The molecule has 0 spiro atoms. The highest BCUT2D eigenvalue weighted by Gasteiger charge is 2.31. The van der Waals surface area contributed by atoms with Gasteiger partial charge in [0.2, 0.25) is 0 Å². The Morgan fingerprint density at radius 1 is 1.02 bits per heavy atom. The average molecular weight is 577 g/mol. The monoisotopic (exact) mass is 576 g/mol. The molecule has 210 valence electrons. The fraction of sp³-hybridized carbons (Fsp3) is 0.214. The zero-order valence-corrected chi connectivity index (χ0v) is 21.8. The minimum absolute atomic E-state index is 0.0158. The molecule has 1 unspecified atom stereocenters. The van der Waals surface area contributed by atoms with Crippen LogP contribution in [-0.4, -0.2) is 41.6 Å². The second kappa shape index (κ2) is 12.3. The van der Waals surface area contributed by atoms with Crippen molar-refractivity contribution in [2.24, 2.45) is 0 Å². The van der Waals surface area contributed by atoms with Gasteiger partial charge in [0.05, 0.1) is 32.3 Å². The molecule has 40 heavy (non-hydrogen) atoms. The molecule has 0 fully saturated rings. The summed E-state index contributed by atoms with van der Waals surface area (Å²) in [6, 6.07) is 16.1. The lowest BCUT2D eigenvalue weighted by atomic mass is 10.0. The van der Waals surface area contributed by atoms with Gasteiger partial charge in [0.15, 0.2) is 0 Å². The minimum Gasteiger partial charge on any atom is -0.497 e. The Morgan fingerprint density at radius 3 is 2.45 bits per heavy atom. The van der Waals surface area contributed by atoms with Crippen LogP contribution >= 0.6 is 11.6 Å². The normalized spacial score (nSPS) is 12.2. The number of carboxylic acid groups (broad SMARTS) is 1. The van der Waals surface area contributed by atoms with Crippen molar-refractivity contribution in [2.45, 2.75) is 25.4 Å². The van der Waals surface area contributed by atoms with E-state index in [4.69, 9.17) is 26.2 Å². The SMILES string of the molecule is COc1cc(COCCC(=O)O)cc(NC(C(=O)n2ccc3ccc(OC(F)(F)F)cc32)c2ccc(Cl)cc2)c1. The molecule has 12 heteroatoms. The number of hydrogen-bond acceptors (Lipinski definition) is 6. The van der Waals surface area contributed by atoms with E-state index in [1.54, 1.807) is 48.5 Å². The Kier molecular flexibility index (Phi) is 8.86. The number of rotatable bonds is 11. The molecule has 0 aliphatic rings. The Bertz CT molecular complexity index is 1500. The van der Waals surface area contributed by atoms with Gasteiger partial charge in [0.1, 0.15) is 17.5 Å². The Balaban J connectivity index is 1.68. The molecule has 0 aliphatic heterocycles. The van der Waals surface area contributed by atoms with E-state index in [-0.39, 0.29) is 25.2 Å². The highest BCUT2D eigenvalue weighted by atomic mass is 35.5. The first-order valence-corrected chi connectivity index (χ1v) is 12.3. The minimum atomic E-state index is -4.89. The third-order valence-electron chi connectivity index (χ3n) is 5.83. The summed E-state index contributed by atoms with van der Waals surface area (Å²) in [5.74, 6) is -1.45. The Labute approximate surface area is 231 Å². The van der Waals surface area contributed by atoms with Crippen LogP contribution in [0.15, 0.2) is 72.9 Å². The van der Waals surface area contributed by atoms with Crippen molar-refractivity contribution in [3.63, 3.8) is 0 Å². The van der Waals surface area contributed by atoms with E-state index in [0.29, 0.717) is 33.0 Å². The molecule has 0 bridgehead atoms. The maximum Gasteiger partial charge on any atom is 0.573 e. The number of halogens is 4. The largest absolute Gasteiger partial charge is 0.573 e. The van der Waals surface area contributed by atoms with Gasteiger partial charge in [-0.3, -0.25) is 14.2 Å². The zero-order valence-electron chi connectivity index (χ0n) is 21.1. The van der Waals surface area contributed by atoms with E-state index < -0.39 is 30.0 Å². The maximum atomic E-state index is 13.9. The van der Waals surface area contributed by atoms with Crippen molar-refractivity contribution < 1.29 is 42.1 Å².